The van der Waals surface area contributed by atoms with Gasteiger partial charge in [-0.25, -0.2) is 4.98 Å². The highest BCUT2D eigenvalue weighted by molar-refractivity contribution is 7.20. The van der Waals surface area contributed by atoms with Gasteiger partial charge in [-0.05, 0) is 77.4 Å². The van der Waals surface area contributed by atoms with Gasteiger partial charge in [0.1, 0.15) is 0 Å². The zero-order chi connectivity index (χ0) is 37.8. The Balaban J connectivity index is 1.23. The van der Waals surface area contributed by atoms with Gasteiger partial charge < -0.3 is 0 Å². The Morgan fingerprint density at radius 1 is 0.316 bits per heavy atom. The van der Waals surface area contributed by atoms with Gasteiger partial charge in [-0.3, -0.25) is 0 Å². The number of rotatable bonds is 7. The van der Waals surface area contributed by atoms with Crippen LogP contribution in [-0.4, -0.2) is 13.1 Å². The molecule has 2 unspecified atom stereocenters. The van der Waals surface area contributed by atoms with Crippen molar-refractivity contribution in [1.82, 2.24) is 4.98 Å². The largest absolute Gasteiger partial charge is 0.248 e. The molecule has 0 spiro atoms. The summed E-state index contributed by atoms with van der Waals surface area (Å²) in [6.07, 6.45) is 0. The molecular weight excluding hydrogens is 703 g/mol. The van der Waals surface area contributed by atoms with Crippen LogP contribution in [0.3, 0.4) is 0 Å². The summed E-state index contributed by atoms with van der Waals surface area (Å²) in [6.45, 7) is 0. The van der Waals surface area contributed by atoms with Crippen LogP contribution in [0, 0.1) is 0 Å². The number of nitrogens with zero attached hydrogens (tertiary/aromatic N) is 1. The van der Waals surface area contributed by atoms with E-state index in [0.29, 0.717) is 0 Å². The summed E-state index contributed by atoms with van der Waals surface area (Å²) in [4.78, 5) is 5.53. The molecule has 1 heterocycles. The van der Waals surface area contributed by atoms with Gasteiger partial charge in [0.15, 0.2) is 8.07 Å². The molecule has 0 fully saturated rings. The topological polar surface area (TPSA) is 12.9 Å². The first-order valence-electron chi connectivity index (χ1n) is 20.0. The third kappa shape index (κ3) is 5.25. The Bertz CT molecular complexity index is 2730. The maximum absolute atomic E-state index is 5.53. The minimum atomic E-state index is -2.88. The van der Waals surface area contributed by atoms with Crippen LogP contribution in [0.5, 0.6) is 0 Å². The van der Waals surface area contributed by atoms with Crippen molar-refractivity contribution in [2.24, 2.45) is 0 Å². The van der Waals surface area contributed by atoms with Crippen LogP contribution >= 0.6 is 0 Å². The van der Waals surface area contributed by atoms with E-state index >= 15 is 0 Å². The van der Waals surface area contributed by atoms with Crippen molar-refractivity contribution < 1.29 is 0 Å². The molecule has 2 heteroatoms. The maximum Gasteiger partial charge on any atom is 0.179 e. The molecule has 0 saturated heterocycles. The van der Waals surface area contributed by atoms with Crippen molar-refractivity contribution in [3.05, 3.63) is 258 Å². The molecule has 268 valence electrons. The van der Waals surface area contributed by atoms with E-state index in [4.69, 9.17) is 4.98 Å². The first-order valence-corrected chi connectivity index (χ1v) is 22.0. The van der Waals surface area contributed by atoms with Crippen molar-refractivity contribution >= 4 is 28.8 Å². The lowest BCUT2D eigenvalue weighted by atomic mass is 9.60. The predicted octanol–water partition coefficient (Wildman–Crippen LogP) is 10.4. The molecule has 3 aliphatic carbocycles. The van der Waals surface area contributed by atoms with E-state index in [1.165, 1.54) is 70.8 Å². The van der Waals surface area contributed by atoms with E-state index in [0.717, 1.165) is 17.0 Å². The van der Waals surface area contributed by atoms with Gasteiger partial charge in [-0.1, -0.05) is 212 Å². The molecule has 0 saturated carbocycles. The summed E-state index contributed by atoms with van der Waals surface area (Å²) < 4.78 is 0. The molecule has 57 heavy (non-hydrogen) atoms. The number of hydrogen-bond donors (Lipinski definition) is 0. The van der Waals surface area contributed by atoms with Gasteiger partial charge in [0, 0.05) is 23.0 Å². The van der Waals surface area contributed by atoms with E-state index in [1.807, 2.05) is 0 Å². The van der Waals surface area contributed by atoms with Crippen LogP contribution in [0.15, 0.2) is 224 Å². The number of pyridine rings is 1. The third-order valence-electron chi connectivity index (χ3n) is 12.4. The Morgan fingerprint density at radius 3 is 1.33 bits per heavy atom. The number of benzene rings is 8. The van der Waals surface area contributed by atoms with E-state index < -0.39 is 8.07 Å². The normalized spacial score (nSPS) is 15.0. The van der Waals surface area contributed by atoms with E-state index in [-0.39, 0.29) is 11.8 Å². The standard InChI is InChI=1S/C55H39NSi/c1-6-20-38(21-7-1)40-36-49(39-22-8-2-9-23-39)56-50(37-40)46-32-18-33-47-52-44-30-16-17-31-45(44)55(53(46)47)54-48(52)34-19-35-51(54)57(41-24-10-3-11-25-41,42-26-12-4-13-27-42)43-28-14-5-15-29-43/h1-37,52,55H. The molecule has 12 rings (SSSR count). The fourth-order valence-electron chi connectivity index (χ4n) is 10.1. The minimum absolute atomic E-state index is 0.0222. The first-order chi connectivity index (χ1) is 28.3. The molecule has 0 radical (unpaired) electrons. The third-order valence-corrected chi connectivity index (χ3v) is 17.2. The van der Waals surface area contributed by atoms with Gasteiger partial charge in [0.05, 0.1) is 11.4 Å². The molecule has 9 aromatic rings. The summed E-state index contributed by atoms with van der Waals surface area (Å²) in [5, 5.41) is 5.64. The average molecular weight is 742 g/mol. The average Bonchev–Trinajstić information content (AvgIpc) is 3.30. The SMILES string of the molecule is c1ccc(-c2cc(-c3ccccc3)nc(-c3cccc4c3C3c5ccccc5C4c4cccc([Si](c5ccccc5)(c5ccccc5)c5ccccc5)c43)c2)cc1. The molecule has 1 nitrogen and oxygen atoms in total. The van der Waals surface area contributed by atoms with E-state index in [9.17, 15) is 0 Å². The second kappa shape index (κ2) is 13.7. The van der Waals surface area contributed by atoms with Crippen molar-refractivity contribution in [3.8, 4) is 33.6 Å². The van der Waals surface area contributed by atoms with Crippen LogP contribution in [0.25, 0.3) is 33.6 Å². The monoisotopic (exact) mass is 741 g/mol. The van der Waals surface area contributed by atoms with Crippen molar-refractivity contribution in [1.29, 1.82) is 0 Å². The zero-order valence-electron chi connectivity index (χ0n) is 31.5. The van der Waals surface area contributed by atoms with Crippen molar-refractivity contribution in [2.45, 2.75) is 11.8 Å². The predicted molar refractivity (Wildman–Crippen MR) is 239 cm³/mol. The molecule has 0 N–H and O–H groups in total. The molecular formula is C55H39NSi. The van der Waals surface area contributed by atoms with Crippen LogP contribution in [0.1, 0.15) is 45.2 Å². The summed E-state index contributed by atoms with van der Waals surface area (Å²) in [6, 6.07) is 83.5. The Hall–Kier alpha value is -6.87. The lowest BCUT2D eigenvalue weighted by molar-refractivity contribution is 0.759. The van der Waals surface area contributed by atoms with Gasteiger partial charge >= 0.3 is 0 Å². The molecule has 8 aromatic carbocycles. The fraction of sp³-hybridized carbons (Fsp3) is 0.0364. The second-order valence-electron chi connectivity index (χ2n) is 15.3. The molecule has 0 aliphatic heterocycles. The van der Waals surface area contributed by atoms with Crippen LogP contribution in [-0.2, 0) is 0 Å². The summed E-state index contributed by atoms with van der Waals surface area (Å²) in [5.74, 6) is 0.130. The highest BCUT2D eigenvalue weighted by Crippen LogP contribution is 2.57. The van der Waals surface area contributed by atoms with Gasteiger partial charge in [0.25, 0.3) is 0 Å². The number of aromatic nitrogens is 1. The zero-order valence-corrected chi connectivity index (χ0v) is 32.5. The van der Waals surface area contributed by atoms with Crippen LogP contribution < -0.4 is 20.7 Å². The highest BCUT2D eigenvalue weighted by Gasteiger charge is 2.49. The lowest BCUT2D eigenvalue weighted by Gasteiger charge is -2.46. The van der Waals surface area contributed by atoms with Crippen molar-refractivity contribution in [2.75, 3.05) is 0 Å². The molecule has 1 aromatic heterocycles. The Labute approximate surface area is 335 Å². The lowest BCUT2D eigenvalue weighted by Crippen LogP contribution is -2.75. The van der Waals surface area contributed by atoms with E-state index in [2.05, 4.69) is 224 Å². The highest BCUT2D eigenvalue weighted by atomic mass is 28.3. The quantitative estimate of drug-likeness (QED) is 0.117. The van der Waals surface area contributed by atoms with Crippen LogP contribution in [0.4, 0.5) is 0 Å². The van der Waals surface area contributed by atoms with Crippen LogP contribution in [0.2, 0.25) is 0 Å². The molecule has 2 atom stereocenters. The Morgan fingerprint density at radius 2 is 0.754 bits per heavy atom. The van der Waals surface area contributed by atoms with Gasteiger partial charge in [-0.15, -0.1) is 0 Å². The summed E-state index contributed by atoms with van der Waals surface area (Å²) >= 11 is 0. The van der Waals surface area contributed by atoms with Gasteiger partial charge in [0.2, 0.25) is 0 Å². The molecule has 2 bridgehead atoms. The first kappa shape index (κ1) is 33.5. The smallest absolute Gasteiger partial charge is 0.179 e. The number of hydrogen-bond acceptors (Lipinski definition) is 1. The molecule has 0 amide bonds. The summed E-state index contributed by atoms with van der Waals surface area (Å²) in [5.41, 5.74) is 15.2. The second-order valence-corrected chi connectivity index (χ2v) is 19.1. The molecule has 3 aliphatic rings. The van der Waals surface area contributed by atoms with Gasteiger partial charge in [-0.2, -0.15) is 0 Å². The van der Waals surface area contributed by atoms with Crippen molar-refractivity contribution in [3.63, 3.8) is 0 Å². The maximum atomic E-state index is 5.53. The van der Waals surface area contributed by atoms with E-state index in [1.54, 1.807) is 0 Å². The minimum Gasteiger partial charge on any atom is -0.248 e. The summed E-state index contributed by atoms with van der Waals surface area (Å²) in [7, 11) is -2.88. The Kier molecular flexibility index (Phi) is 8.04. The fourth-order valence-corrected chi connectivity index (χ4v) is 15.2.